The summed E-state index contributed by atoms with van der Waals surface area (Å²) in [6.07, 6.45) is 0. The molecule has 40 heavy (non-hydrogen) atoms. The zero-order valence-corrected chi connectivity index (χ0v) is 23.3. The van der Waals surface area contributed by atoms with Gasteiger partial charge in [0.05, 0.1) is 19.9 Å². The van der Waals surface area contributed by atoms with Crippen molar-refractivity contribution in [3.05, 3.63) is 66.0 Å². The van der Waals surface area contributed by atoms with Crippen LogP contribution in [-0.2, 0) is 11.3 Å². The van der Waals surface area contributed by atoms with E-state index in [1.165, 1.54) is 17.0 Å². The number of piperazine rings is 1. The molecule has 1 fully saturated rings. The van der Waals surface area contributed by atoms with Crippen molar-refractivity contribution in [2.75, 3.05) is 51.8 Å². The first kappa shape index (κ1) is 28.6. The summed E-state index contributed by atoms with van der Waals surface area (Å²) in [5, 5.41) is 11.7. The van der Waals surface area contributed by atoms with E-state index in [4.69, 9.17) is 9.47 Å². The van der Waals surface area contributed by atoms with Crippen LogP contribution in [0, 0.1) is 5.82 Å². The van der Waals surface area contributed by atoms with E-state index in [-0.39, 0.29) is 36.9 Å². The van der Waals surface area contributed by atoms with Crippen LogP contribution in [0.15, 0.2) is 54.6 Å². The van der Waals surface area contributed by atoms with E-state index >= 15 is 0 Å². The second kappa shape index (κ2) is 13.1. The van der Waals surface area contributed by atoms with Gasteiger partial charge in [-0.1, -0.05) is 12.1 Å². The fourth-order valence-corrected chi connectivity index (χ4v) is 4.44. The van der Waals surface area contributed by atoms with Crippen molar-refractivity contribution in [2.24, 2.45) is 0 Å². The van der Waals surface area contributed by atoms with E-state index in [0.717, 1.165) is 16.9 Å². The van der Waals surface area contributed by atoms with Crippen LogP contribution in [0.25, 0.3) is 11.3 Å². The van der Waals surface area contributed by atoms with Crippen LogP contribution in [0.5, 0.6) is 11.5 Å². The van der Waals surface area contributed by atoms with Gasteiger partial charge in [-0.25, -0.2) is 9.18 Å². The Bertz CT molecular complexity index is 1290. The summed E-state index contributed by atoms with van der Waals surface area (Å²) < 4.78 is 24.0. The molecule has 0 spiro atoms. The number of carbonyl (C=O) groups is 2. The maximum atomic E-state index is 13.3. The molecule has 1 aliphatic heterocycles. The highest BCUT2D eigenvalue weighted by atomic mass is 19.1. The molecule has 0 aliphatic carbocycles. The first-order valence-electron chi connectivity index (χ1n) is 13.2. The van der Waals surface area contributed by atoms with Gasteiger partial charge in [-0.3, -0.25) is 4.79 Å². The average Bonchev–Trinajstić information content (AvgIpc) is 2.97. The van der Waals surface area contributed by atoms with Crippen LogP contribution in [0.4, 0.5) is 15.0 Å². The number of anilines is 1. The van der Waals surface area contributed by atoms with Gasteiger partial charge in [-0.2, -0.15) is 0 Å². The van der Waals surface area contributed by atoms with Crippen LogP contribution >= 0.6 is 0 Å². The van der Waals surface area contributed by atoms with Crippen LogP contribution in [0.1, 0.15) is 19.4 Å². The number of nitrogens with one attached hydrogen (secondary N) is 1. The Labute approximate surface area is 233 Å². The van der Waals surface area contributed by atoms with Crippen LogP contribution in [-0.4, -0.2) is 84.9 Å². The fraction of sp³-hybridized carbons (Fsp3) is 0.379. The Hall–Kier alpha value is -4.41. The van der Waals surface area contributed by atoms with Gasteiger partial charge in [-0.05, 0) is 61.9 Å². The van der Waals surface area contributed by atoms with Crippen molar-refractivity contribution in [3.63, 3.8) is 0 Å². The summed E-state index contributed by atoms with van der Waals surface area (Å²) in [6.45, 7) is 6.01. The number of aromatic nitrogens is 2. The summed E-state index contributed by atoms with van der Waals surface area (Å²) in [5.74, 6) is 1.49. The standard InChI is InChI=1S/C29H35FN6O4/c1-20(2)31-29(38)36(18-21-5-8-23(30)9-6-21)19-28(37)35-15-13-34(14-16-35)27-12-10-24(32-33-27)22-7-11-25(39-3)26(17-22)40-4/h5-12,17,20H,13-16,18-19H2,1-4H3,(H,31,38). The Kier molecular flexibility index (Phi) is 9.36. The smallest absolute Gasteiger partial charge is 0.318 e. The number of carbonyl (C=O) groups excluding carboxylic acids is 2. The Morgan fingerprint density at radius 1 is 0.950 bits per heavy atom. The maximum Gasteiger partial charge on any atom is 0.318 e. The minimum atomic E-state index is -0.351. The van der Waals surface area contributed by atoms with E-state index in [1.54, 1.807) is 31.3 Å². The van der Waals surface area contributed by atoms with Gasteiger partial charge in [0, 0.05) is 44.3 Å². The van der Waals surface area contributed by atoms with Crippen molar-refractivity contribution >= 4 is 17.8 Å². The second-order valence-corrected chi connectivity index (χ2v) is 9.80. The number of amides is 3. The minimum Gasteiger partial charge on any atom is -0.493 e. The molecule has 0 bridgehead atoms. The summed E-state index contributed by atoms with van der Waals surface area (Å²) in [7, 11) is 3.18. The Morgan fingerprint density at radius 2 is 1.65 bits per heavy atom. The molecular formula is C29H35FN6O4. The first-order valence-corrected chi connectivity index (χ1v) is 13.2. The monoisotopic (exact) mass is 550 g/mol. The topological polar surface area (TPSA) is 100 Å². The Balaban J connectivity index is 1.36. The SMILES string of the molecule is COc1ccc(-c2ccc(N3CCN(C(=O)CN(Cc4ccc(F)cc4)C(=O)NC(C)C)CC3)nn2)cc1OC. The van der Waals surface area contributed by atoms with E-state index in [2.05, 4.69) is 20.4 Å². The van der Waals surface area contributed by atoms with Crippen molar-refractivity contribution in [3.8, 4) is 22.8 Å². The van der Waals surface area contributed by atoms with Crippen molar-refractivity contribution in [1.82, 2.24) is 25.3 Å². The molecule has 2 heterocycles. The number of nitrogens with zero attached hydrogens (tertiary/aromatic N) is 5. The number of urea groups is 1. The molecule has 3 amide bonds. The number of hydrogen-bond acceptors (Lipinski definition) is 7. The van der Waals surface area contributed by atoms with Gasteiger partial charge in [0.2, 0.25) is 5.91 Å². The predicted molar refractivity (Wildman–Crippen MR) is 150 cm³/mol. The molecule has 3 aromatic rings. The molecule has 4 rings (SSSR count). The number of rotatable bonds is 9. The molecule has 11 heteroatoms. The number of halogens is 1. The van der Waals surface area contributed by atoms with Crippen molar-refractivity contribution in [1.29, 1.82) is 0 Å². The molecule has 10 nitrogen and oxygen atoms in total. The van der Waals surface area contributed by atoms with Gasteiger partial charge in [-0.15, -0.1) is 10.2 Å². The Morgan fingerprint density at radius 3 is 2.25 bits per heavy atom. The molecule has 0 saturated carbocycles. The molecule has 1 aromatic heterocycles. The van der Waals surface area contributed by atoms with Crippen molar-refractivity contribution in [2.45, 2.75) is 26.4 Å². The van der Waals surface area contributed by atoms with E-state index < -0.39 is 0 Å². The number of hydrogen-bond donors (Lipinski definition) is 1. The maximum absolute atomic E-state index is 13.3. The van der Waals surface area contributed by atoms with E-state index in [9.17, 15) is 14.0 Å². The average molecular weight is 551 g/mol. The van der Waals surface area contributed by atoms with Gasteiger partial charge < -0.3 is 29.5 Å². The number of benzene rings is 2. The second-order valence-electron chi connectivity index (χ2n) is 9.80. The lowest BCUT2D eigenvalue weighted by Gasteiger charge is -2.36. The molecule has 0 atom stereocenters. The lowest BCUT2D eigenvalue weighted by molar-refractivity contribution is -0.132. The number of ether oxygens (including phenoxy) is 2. The normalized spacial score (nSPS) is 13.2. The van der Waals surface area contributed by atoms with Gasteiger partial charge >= 0.3 is 6.03 Å². The van der Waals surface area contributed by atoms with Crippen LogP contribution in [0.3, 0.4) is 0 Å². The van der Waals surface area contributed by atoms with Crippen LogP contribution in [0.2, 0.25) is 0 Å². The summed E-state index contributed by atoms with van der Waals surface area (Å²) in [5.41, 5.74) is 2.31. The highest BCUT2D eigenvalue weighted by Crippen LogP contribution is 2.31. The largest absolute Gasteiger partial charge is 0.493 e. The van der Waals surface area contributed by atoms with Gasteiger partial charge in [0.1, 0.15) is 12.4 Å². The summed E-state index contributed by atoms with van der Waals surface area (Å²) >= 11 is 0. The lowest BCUT2D eigenvalue weighted by atomic mass is 10.1. The molecule has 1 N–H and O–H groups in total. The third-order valence-electron chi connectivity index (χ3n) is 6.60. The van der Waals surface area contributed by atoms with E-state index in [0.29, 0.717) is 43.4 Å². The molecule has 2 aromatic carbocycles. The molecule has 1 aliphatic rings. The lowest BCUT2D eigenvalue weighted by Crippen LogP contribution is -2.53. The number of methoxy groups -OCH3 is 2. The third-order valence-corrected chi connectivity index (χ3v) is 6.60. The molecular weight excluding hydrogens is 515 g/mol. The zero-order chi connectivity index (χ0) is 28.6. The first-order chi connectivity index (χ1) is 19.3. The summed E-state index contributed by atoms with van der Waals surface area (Å²) in [4.78, 5) is 31.3. The van der Waals surface area contributed by atoms with Gasteiger partial charge in [0.15, 0.2) is 17.3 Å². The quantitative estimate of drug-likeness (QED) is 0.435. The van der Waals surface area contributed by atoms with E-state index in [1.807, 2.05) is 44.2 Å². The van der Waals surface area contributed by atoms with Crippen molar-refractivity contribution < 1.29 is 23.5 Å². The molecule has 1 saturated heterocycles. The highest BCUT2D eigenvalue weighted by Gasteiger charge is 2.26. The highest BCUT2D eigenvalue weighted by molar-refractivity contribution is 5.84. The molecule has 212 valence electrons. The predicted octanol–water partition coefficient (Wildman–Crippen LogP) is 3.57. The molecule has 0 radical (unpaired) electrons. The summed E-state index contributed by atoms with van der Waals surface area (Å²) in [6, 6.07) is 14.9. The fourth-order valence-electron chi connectivity index (χ4n) is 4.44. The van der Waals surface area contributed by atoms with Crippen LogP contribution < -0.4 is 19.7 Å². The third kappa shape index (κ3) is 7.16. The molecule has 0 unspecified atom stereocenters. The minimum absolute atomic E-state index is 0.0737. The zero-order valence-electron chi connectivity index (χ0n) is 23.3. The van der Waals surface area contributed by atoms with Gasteiger partial charge in [0.25, 0.3) is 0 Å².